The molecule has 36 heavy (non-hydrogen) atoms. The summed E-state index contributed by atoms with van der Waals surface area (Å²) in [5.41, 5.74) is 5.40. The van der Waals surface area contributed by atoms with Crippen LogP contribution in [0.1, 0.15) is 119 Å². The summed E-state index contributed by atoms with van der Waals surface area (Å²) >= 11 is 0. The maximum Gasteiger partial charge on any atom is 0.0639 e. The van der Waals surface area contributed by atoms with E-state index in [-0.39, 0.29) is 6.61 Å². The molecule has 0 heterocycles. The summed E-state index contributed by atoms with van der Waals surface area (Å²) in [6.45, 7) is 7.09. The van der Waals surface area contributed by atoms with Crippen LogP contribution in [-0.2, 0) is 17.6 Å². The lowest BCUT2D eigenvalue weighted by molar-refractivity contribution is 0.119. The molecule has 0 saturated heterocycles. The van der Waals surface area contributed by atoms with Gasteiger partial charge >= 0.3 is 0 Å². The van der Waals surface area contributed by atoms with E-state index in [0.717, 1.165) is 41.6 Å². The van der Waals surface area contributed by atoms with Gasteiger partial charge in [0.2, 0.25) is 0 Å². The Morgan fingerprint density at radius 1 is 0.917 bits per heavy atom. The van der Waals surface area contributed by atoms with E-state index in [1.54, 1.807) is 18.2 Å². The smallest absolute Gasteiger partial charge is 0.0639 e. The molecule has 2 unspecified atom stereocenters. The number of methoxy groups -OCH3 is 1. The van der Waals surface area contributed by atoms with Crippen molar-refractivity contribution in [2.24, 2.45) is 29.6 Å². The number of hydrogen-bond donors (Lipinski definition) is 1. The monoisotopic (exact) mass is 494 g/mol. The van der Waals surface area contributed by atoms with E-state index in [1.807, 2.05) is 0 Å². The summed E-state index contributed by atoms with van der Waals surface area (Å²) in [6, 6.07) is 7.17. The van der Waals surface area contributed by atoms with Crippen molar-refractivity contribution in [1.82, 2.24) is 0 Å². The van der Waals surface area contributed by atoms with Crippen LogP contribution in [0.5, 0.6) is 0 Å². The summed E-state index contributed by atoms with van der Waals surface area (Å²) in [5, 5.41) is 9.44. The fraction of sp³-hybridized carbons (Fsp3) is 0.765. The van der Waals surface area contributed by atoms with Crippen LogP contribution in [0.4, 0.5) is 0 Å². The second-order valence-corrected chi connectivity index (χ2v) is 12.7. The molecule has 0 spiro atoms. The van der Waals surface area contributed by atoms with Crippen molar-refractivity contribution < 1.29 is 9.84 Å². The Hall–Kier alpha value is -1.12. The van der Waals surface area contributed by atoms with Gasteiger partial charge in [-0.2, -0.15) is 0 Å². The van der Waals surface area contributed by atoms with Gasteiger partial charge in [-0.15, -0.1) is 0 Å². The number of unbranched alkanes of at least 4 members (excludes halogenated alkanes) is 2. The highest BCUT2D eigenvalue weighted by molar-refractivity contribution is 5.36. The van der Waals surface area contributed by atoms with E-state index in [0.29, 0.717) is 12.5 Å². The summed E-state index contributed by atoms with van der Waals surface area (Å²) in [4.78, 5) is 0. The van der Waals surface area contributed by atoms with Crippen molar-refractivity contribution in [3.63, 3.8) is 0 Å². The molecule has 2 atom stereocenters. The number of aliphatic hydroxyl groups excluding tert-OH is 1. The molecule has 0 radical (unpaired) electrons. The van der Waals surface area contributed by atoms with Crippen LogP contribution in [0.25, 0.3) is 0 Å². The van der Waals surface area contributed by atoms with Crippen LogP contribution in [0.3, 0.4) is 0 Å². The molecular weight excluding hydrogens is 440 g/mol. The molecular formula is C34H54O2. The number of fused-ring (bicyclic) bond motifs is 1. The van der Waals surface area contributed by atoms with Crippen LogP contribution in [0, 0.1) is 29.6 Å². The molecule has 2 saturated carbocycles. The number of hydrogen-bond acceptors (Lipinski definition) is 2. The van der Waals surface area contributed by atoms with Gasteiger partial charge in [0.25, 0.3) is 0 Å². The Morgan fingerprint density at radius 3 is 2.22 bits per heavy atom. The summed E-state index contributed by atoms with van der Waals surface area (Å²) in [6.07, 6.45) is 22.5. The first-order valence-corrected chi connectivity index (χ1v) is 15.5. The van der Waals surface area contributed by atoms with Crippen molar-refractivity contribution in [1.29, 1.82) is 0 Å². The van der Waals surface area contributed by atoms with Crippen molar-refractivity contribution in [2.75, 3.05) is 20.3 Å². The minimum absolute atomic E-state index is 0.0649. The van der Waals surface area contributed by atoms with Crippen molar-refractivity contribution in [3.05, 3.63) is 47.0 Å². The van der Waals surface area contributed by atoms with Gasteiger partial charge in [-0.1, -0.05) is 75.8 Å². The molecule has 2 heteroatoms. The summed E-state index contributed by atoms with van der Waals surface area (Å²) < 4.78 is 5.50. The molecule has 0 aromatic heterocycles. The van der Waals surface area contributed by atoms with E-state index >= 15 is 0 Å². The highest BCUT2D eigenvalue weighted by atomic mass is 16.5. The highest BCUT2D eigenvalue weighted by Gasteiger charge is 2.34. The molecule has 0 aliphatic heterocycles. The largest absolute Gasteiger partial charge is 0.392 e. The second-order valence-electron chi connectivity index (χ2n) is 12.7. The number of ether oxygens (including phenoxy) is 1. The standard InChI is InChI=1S/C34H54O2/c1-4-5-6-7-26-8-10-27(11-9-26)28-12-14-29(15-13-28)30-16-17-32-22-33(19-18-31(32)21-30)34(24-36-3)20-25(2)23-35/h18-19,22,26-30,34-35H,2,4-17,20-21,23-24H2,1,3H3. The van der Waals surface area contributed by atoms with Crippen LogP contribution < -0.4 is 0 Å². The molecule has 3 aliphatic rings. The topological polar surface area (TPSA) is 29.5 Å². The Labute approximate surface area is 222 Å². The molecule has 2 nitrogen and oxygen atoms in total. The quantitative estimate of drug-likeness (QED) is 0.233. The van der Waals surface area contributed by atoms with Gasteiger partial charge in [0, 0.05) is 13.0 Å². The summed E-state index contributed by atoms with van der Waals surface area (Å²) in [5.74, 6) is 5.25. The molecule has 202 valence electrons. The summed E-state index contributed by atoms with van der Waals surface area (Å²) in [7, 11) is 1.77. The average molecular weight is 495 g/mol. The Balaban J connectivity index is 1.25. The normalized spacial score (nSPS) is 29.5. The molecule has 0 amide bonds. The zero-order valence-electron chi connectivity index (χ0n) is 23.5. The maximum absolute atomic E-state index is 9.44. The fourth-order valence-corrected chi connectivity index (χ4v) is 8.07. The molecule has 1 aromatic carbocycles. The van der Waals surface area contributed by atoms with Crippen molar-refractivity contribution >= 4 is 0 Å². The van der Waals surface area contributed by atoms with E-state index < -0.39 is 0 Å². The van der Waals surface area contributed by atoms with Crippen LogP contribution in [-0.4, -0.2) is 25.4 Å². The number of aryl methyl sites for hydroxylation is 1. The third-order valence-corrected chi connectivity index (χ3v) is 10.4. The highest BCUT2D eigenvalue weighted by Crippen LogP contribution is 2.45. The van der Waals surface area contributed by atoms with Gasteiger partial charge in [-0.25, -0.2) is 0 Å². The van der Waals surface area contributed by atoms with Crippen molar-refractivity contribution in [2.45, 2.75) is 116 Å². The van der Waals surface area contributed by atoms with Gasteiger partial charge in [0.15, 0.2) is 0 Å². The molecule has 2 fully saturated rings. The van der Waals surface area contributed by atoms with Gasteiger partial charge in [0.05, 0.1) is 13.2 Å². The zero-order chi connectivity index (χ0) is 25.3. The van der Waals surface area contributed by atoms with E-state index in [2.05, 4.69) is 31.7 Å². The minimum Gasteiger partial charge on any atom is -0.392 e. The predicted octanol–water partition coefficient (Wildman–Crippen LogP) is 8.65. The first kappa shape index (κ1) is 27.9. The molecule has 1 aromatic rings. The van der Waals surface area contributed by atoms with Gasteiger partial charge in [-0.3, -0.25) is 0 Å². The number of benzene rings is 1. The second kappa shape index (κ2) is 14.1. The molecule has 0 bridgehead atoms. The van der Waals surface area contributed by atoms with Crippen LogP contribution in [0.15, 0.2) is 30.4 Å². The molecule has 1 N–H and O–H groups in total. The first-order chi connectivity index (χ1) is 17.6. The third kappa shape index (κ3) is 7.47. The predicted molar refractivity (Wildman–Crippen MR) is 152 cm³/mol. The lowest BCUT2D eigenvalue weighted by Gasteiger charge is -2.41. The lowest BCUT2D eigenvalue weighted by atomic mass is 9.65. The zero-order valence-corrected chi connectivity index (χ0v) is 23.5. The minimum atomic E-state index is 0.0649. The average Bonchev–Trinajstić information content (AvgIpc) is 2.93. The SMILES string of the molecule is C=C(CO)CC(COC)c1ccc2c(c1)CCC(C1CCC(C3CCC(CCCCC)CC3)CC1)C2. The van der Waals surface area contributed by atoms with Crippen LogP contribution >= 0.6 is 0 Å². The van der Waals surface area contributed by atoms with Gasteiger partial charge in [-0.05, 0) is 110 Å². The maximum atomic E-state index is 9.44. The fourth-order valence-electron chi connectivity index (χ4n) is 8.07. The Bertz CT molecular complexity index is 797. The number of rotatable bonds is 12. The first-order valence-electron chi connectivity index (χ1n) is 15.5. The third-order valence-electron chi connectivity index (χ3n) is 10.4. The molecule has 3 aliphatic carbocycles. The van der Waals surface area contributed by atoms with Gasteiger partial charge in [0.1, 0.15) is 0 Å². The van der Waals surface area contributed by atoms with E-state index in [4.69, 9.17) is 4.74 Å². The molecule has 4 rings (SSSR count). The van der Waals surface area contributed by atoms with Gasteiger partial charge < -0.3 is 9.84 Å². The Kier molecular flexibility index (Phi) is 11.0. The Morgan fingerprint density at radius 2 is 1.58 bits per heavy atom. The van der Waals surface area contributed by atoms with E-state index in [1.165, 1.54) is 102 Å². The number of aliphatic hydroxyl groups is 1. The van der Waals surface area contributed by atoms with Crippen molar-refractivity contribution in [3.8, 4) is 0 Å². The van der Waals surface area contributed by atoms with E-state index in [9.17, 15) is 5.11 Å². The lowest BCUT2D eigenvalue weighted by Crippen LogP contribution is -2.30. The van der Waals surface area contributed by atoms with Crippen LogP contribution in [0.2, 0.25) is 0 Å².